The molecule has 1 N–H and O–H groups in total. The molecule has 0 aliphatic rings. The lowest BCUT2D eigenvalue weighted by Crippen LogP contribution is -2.41. The van der Waals surface area contributed by atoms with Gasteiger partial charge in [0.1, 0.15) is 0 Å². The lowest BCUT2D eigenvalue weighted by molar-refractivity contribution is -0.308. The molecule has 0 bridgehead atoms. The van der Waals surface area contributed by atoms with E-state index in [2.05, 4.69) is 5.11 Å². The molecule has 0 saturated carbocycles. The molecule has 1 nitrogen and oxygen atoms in total. The third-order valence-electron chi connectivity index (χ3n) is 0.595. The van der Waals surface area contributed by atoms with Crippen molar-refractivity contribution in [1.82, 2.24) is 0 Å². The van der Waals surface area contributed by atoms with E-state index in [0.29, 0.717) is 0 Å². The number of hydrogen-bond acceptors (Lipinski definition) is 1. The molecule has 0 aliphatic heterocycles. The van der Waals surface area contributed by atoms with Gasteiger partial charge in [0.05, 0.1) is 0 Å². The summed E-state index contributed by atoms with van der Waals surface area (Å²) < 4.78 is 73.0. The van der Waals surface area contributed by atoms with E-state index in [-0.39, 0.29) is 0 Å². The highest BCUT2D eigenvalue weighted by molar-refractivity contribution is 4.72. The summed E-state index contributed by atoms with van der Waals surface area (Å²) in [5.41, 5.74) is 0. The van der Waals surface area contributed by atoms with Gasteiger partial charge in [0.2, 0.25) is 7.54 Å². The smallest absolute Gasteiger partial charge is 0.377 e. The van der Waals surface area contributed by atoms with E-state index < -0.39 is 18.5 Å². The predicted octanol–water partition coefficient (Wildman–Crippen LogP) is 1.47. The molecule has 0 amide bonds. The molecule has 0 radical (unpaired) electrons. The van der Waals surface area contributed by atoms with Crippen molar-refractivity contribution in [3.63, 3.8) is 0 Å². The average molecular weight is 169 g/mol. The number of alkyl halides is 6. The summed E-state index contributed by atoms with van der Waals surface area (Å²) in [4.78, 5) is 0. The minimum atomic E-state index is -5.58. The Bertz CT molecular complexity index is 113. The van der Waals surface area contributed by atoms with Gasteiger partial charge in [-0.05, 0) is 0 Å². The standard InChI is InChI=1S/C3H2F6O/c4-2(5,6)1(10)3(7,8)9/h1,10H/i10D. The fourth-order valence-corrected chi connectivity index (χ4v) is 0.186. The van der Waals surface area contributed by atoms with Gasteiger partial charge in [0.15, 0.2) is 0 Å². The van der Waals surface area contributed by atoms with Crippen LogP contribution in [0.25, 0.3) is 0 Å². The number of hydrogen-bond donors (Lipinski definition) is 1. The molecule has 0 aromatic rings. The number of rotatable bonds is 1. The second-order valence-electron chi connectivity index (χ2n) is 1.46. The summed E-state index contributed by atoms with van der Waals surface area (Å²) in [5, 5.41) is 2.48. The van der Waals surface area contributed by atoms with E-state index in [1.807, 2.05) is 0 Å². The van der Waals surface area contributed by atoms with E-state index in [0.717, 1.165) is 0 Å². The molecule has 0 fully saturated rings. The van der Waals surface area contributed by atoms with Gasteiger partial charge in [0.25, 0.3) is 0 Å². The van der Waals surface area contributed by atoms with Gasteiger partial charge in [-0.1, -0.05) is 0 Å². The summed E-state index contributed by atoms with van der Waals surface area (Å²) in [7, 11) is 0. The minimum Gasteiger partial charge on any atom is -0.377 e. The van der Waals surface area contributed by atoms with Gasteiger partial charge in [-0.15, -0.1) is 0 Å². The highest BCUT2D eigenvalue weighted by atomic mass is 19.4. The topological polar surface area (TPSA) is 20.2 Å². The van der Waals surface area contributed by atoms with Gasteiger partial charge >= 0.3 is 12.4 Å². The lowest BCUT2D eigenvalue weighted by atomic mass is 10.3. The Labute approximate surface area is 52.7 Å². The van der Waals surface area contributed by atoms with Crippen molar-refractivity contribution < 1.29 is 31.5 Å². The van der Waals surface area contributed by atoms with E-state index >= 15 is 0 Å². The summed E-state index contributed by atoms with van der Waals surface area (Å²) in [6.07, 6.45) is -15.2. The molecule has 10 heavy (non-hydrogen) atoms. The summed E-state index contributed by atoms with van der Waals surface area (Å²) in [6.45, 7) is 0. The normalized spacial score (nSPS) is 15.7. The molecular weight excluding hydrogens is 166 g/mol. The van der Waals surface area contributed by atoms with Crippen LogP contribution in [0.5, 0.6) is 0 Å². The lowest BCUT2D eigenvalue weighted by Gasteiger charge is -2.16. The molecular formula is C3H2F6O. The van der Waals surface area contributed by atoms with Crippen LogP contribution in [0.2, 0.25) is 0 Å². The molecule has 0 aromatic heterocycles. The SMILES string of the molecule is [2H]OC(C(F)(F)F)C(F)(F)F. The van der Waals surface area contributed by atoms with Crippen molar-refractivity contribution in [2.24, 2.45) is 0 Å². The monoisotopic (exact) mass is 169 g/mol. The van der Waals surface area contributed by atoms with Crippen LogP contribution in [0.4, 0.5) is 26.3 Å². The maximum Gasteiger partial charge on any atom is 0.423 e. The minimum absolute atomic E-state index is 2.48. The Morgan fingerprint density at radius 3 is 1.30 bits per heavy atom. The molecule has 0 rings (SSSR count). The first-order chi connectivity index (χ1) is 4.69. The van der Waals surface area contributed by atoms with E-state index in [4.69, 9.17) is 1.43 Å². The van der Waals surface area contributed by atoms with Crippen LogP contribution < -0.4 is 0 Å². The van der Waals surface area contributed by atoms with E-state index in [9.17, 15) is 26.3 Å². The summed E-state index contributed by atoms with van der Waals surface area (Å²) >= 11 is 0. The fourth-order valence-electron chi connectivity index (χ4n) is 0.186. The Morgan fingerprint density at radius 2 is 1.30 bits per heavy atom. The molecule has 62 valence electrons. The second kappa shape index (κ2) is 2.30. The Morgan fingerprint density at radius 1 is 1.00 bits per heavy atom. The molecule has 7 heteroatoms. The quantitative estimate of drug-likeness (QED) is 0.589. The Hall–Kier alpha value is -0.460. The van der Waals surface area contributed by atoms with Crippen molar-refractivity contribution in [3.8, 4) is 0 Å². The zero-order chi connectivity index (χ0) is 9.28. The fraction of sp³-hybridized carbons (Fsp3) is 1.00. The molecule has 0 spiro atoms. The zero-order valence-electron chi connectivity index (χ0n) is 5.25. The molecule has 0 heterocycles. The van der Waals surface area contributed by atoms with Gasteiger partial charge < -0.3 is 5.11 Å². The maximum atomic E-state index is 11.3. The van der Waals surface area contributed by atoms with Crippen LogP contribution in [0.3, 0.4) is 0 Å². The number of aliphatic hydroxyl groups excluding tert-OH is 1. The highest BCUT2D eigenvalue weighted by Gasteiger charge is 2.55. The first-order valence-corrected chi connectivity index (χ1v) is 1.95. The molecule has 0 atom stereocenters. The summed E-state index contributed by atoms with van der Waals surface area (Å²) in [5.74, 6) is 0. The predicted molar refractivity (Wildman–Crippen MR) is 18.1 cm³/mol. The van der Waals surface area contributed by atoms with Crippen molar-refractivity contribution >= 4 is 0 Å². The van der Waals surface area contributed by atoms with Gasteiger partial charge in [0, 0.05) is 0 Å². The van der Waals surface area contributed by atoms with Crippen LogP contribution in [-0.4, -0.2) is 25.0 Å². The van der Waals surface area contributed by atoms with Crippen molar-refractivity contribution in [1.29, 1.82) is 1.43 Å². The second-order valence-corrected chi connectivity index (χ2v) is 1.46. The third-order valence-corrected chi connectivity index (χ3v) is 0.595. The largest absolute Gasteiger partial charge is 0.423 e. The Balaban J connectivity index is 4.43. The van der Waals surface area contributed by atoms with Crippen molar-refractivity contribution in [3.05, 3.63) is 0 Å². The van der Waals surface area contributed by atoms with Crippen LogP contribution in [-0.2, 0) is 0 Å². The maximum absolute atomic E-state index is 11.3. The van der Waals surface area contributed by atoms with Crippen LogP contribution >= 0.6 is 0 Å². The number of halogens is 6. The van der Waals surface area contributed by atoms with Gasteiger partial charge in [-0.2, -0.15) is 26.3 Å². The molecule has 0 saturated heterocycles. The van der Waals surface area contributed by atoms with Crippen molar-refractivity contribution in [2.45, 2.75) is 18.5 Å². The molecule has 0 aliphatic carbocycles. The van der Waals surface area contributed by atoms with E-state index in [1.54, 1.807) is 0 Å². The average Bonchev–Trinajstić information content (AvgIpc) is 1.56. The first kappa shape index (κ1) is 7.64. The molecule has 0 aromatic carbocycles. The van der Waals surface area contributed by atoms with Crippen molar-refractivity contribution in [2.75, 3.05) is 0 Å². The number of aliphatic hydroxyl groups is 1. The third kappa shape index (κ3) is 2.42. The van der Waals surface area contributed by atoms with Crippen LogP contribution in [0.15, 0.2) is 0 Å². The molecule has 0 unspecified atom stereocenters. The van der Waals surface area contributed by atoms with Gasteiger partial charge in [-0.3, -0.25) is 0 Å². The zero-order valence-corrected chi connectivity index (χ0v) is 4.25. The van der Waals surface area contributed by atoms with E-state index in [1.165, 1.54) is 0 Å². The van der Waals surface area contributed by atoms with Crippen LogP contribution in [0.1, 0.15) is 0 Å². The summed E-state index contributed by atoms with van der Waals surface area (Å²) in [6, 6.07) is 0. The first-order valence-electron chi connectivity index (χ1n) is 2.36. The van der Waals surface area contributed by atoms with Crippen LogP contribution in [0, 0.1) is 0 Å². The highest BCUT2D eigenvalue weighted by Crippen LogP contribution is 2.32. The Kier molecular flexibility index (Phi) is 1.76. The van der Waals surface area contributed by atoms with Gasteiger partial charge in [-0.25, -0.2) is 0 Å².